The molecule has 2 rings (SSSR count). The van der Waals surface area contributed by atoms with Gasteiger partial charge in [0.05, 0.1) is 25.2 Å². The fraction of sp³-hybridized carbons (Fsp3) is 0.647. The Balaban J connectivity index is 0.00000129. The van der Waals surface area contributed by atoms with Crippen molar-refractivity contribution in [2.75, 3.05) is 19.8 Å². The largest absolute Gasteiger partial charge is 0.395 e. The van der Waals surface area contributed by atoms with Gasteiger partial charge in [-0.3, -0.25) is 0 Å². The Kier molecular flexibility index (Phi) is 17.8. The molecule has 8 N–H and O–H groups in total. The number of rotatable bonds is 16. The predicted molar refractivity (Wildman–Crippen MR) is 182 cm³/mol. The van der Waals surface area contributed by atoms with Crippen LogP contribution < -0.4 is 0 Å². The van der Waals surface area contributed by atoms with E-state index in [0.29, 0.717) is 12.0 Å². The molecule has 45 heavy (non-hydrogen) atoms. The maximum atomic E-state index is 11.7. The molecule has 0 spiro atoms. The minimum Gasteiger partial charge on any atom is -0.395 e. The maximum absolute atomic E-state index is 11.7. The van der Waals surface area contributed by atoms with Gasteiger partial charge in [-0.1, -0.05) is 122 Å². The zero-order chi connectivity index (χ0) is 34.5. The van der Waals surface area contributed by atoms with E-state index in [0.717, 1.165) is 44.9 Å². The summed E-state index contributed by atoms with van der Waals surface area (Å²) < 4.78 is 3.60. The van der Waals surface area contributed by atoms with Crippen molar-refractivity contribution in [3.8, 4) is 0 Å². The molecule has 0 radical (unpaired) electrons. The lowest BCUT2D eigenvalue weighted by Crippen LogP contribution is -2.53. The van der Waals surface area contributed by atoms with Crippen LogP contribution in [0.3, 0.4) is 0 Å². The zero-order valence-corrected chi connectivity index (χ0v) is 30.0. The second-order valence-electron chi connectivity index (χ2n) is 14.0. The molecule has 1 atom stereocenters. The van der Waals surface area contributed by atoms with Crippen LogP contribution in [0.15, 0.2) is 42.5 Å². The van der Waals surface area contributed by atoms with Gasteiger partial charge in [-0.25, -0.2) is 4.31 Å². The molecular weight excluding hydrogens is 614 g/mol. The molecule has 0 aliphatic rings. The third-order valence-electron chi connectivity index (χ3n) is 8.41. The van der Waals surface area contributed by atoms with Gasteiger partial charge < -0.3 is 40.0 Å². The Morgan fingerprint density at radius 1 is 0.644 bits per heavy atom. The molecule has 9 nitrogen and oxygen atoms in total. The molecule has 2 aromatic rings. The normalized spacial score (nSPS) is 14.0. The summed E-state index contributed by atoms with van der Waals surface area (Å²) in [6, 6.07) is 13.9. The molecule has 0 aromatic heterocycles. The van der Waals surface area contributed by atoms with Crippen LogP contribution in [0.1, 0.15) is 114 Å². The van der Waals surface area contributed by atoms with E-state index in [1.807, 2.05) is 18.2 Å². The average Bonchev–Trinajstić information content (AvgIpc) is 2.95. The van der Waals surface area contributed by atoms with E-state index in [2.05, 4.69) is 64.9 Å². The minimum absolute atomic E-state index is 0.115. The Morgan fingerprint density at radius 3 is 1.44 bits per heavy atom. The molecule has 258 valence electrons. The summed E-state index contributed by atoms with van der Waals surface area (Å²) in [5.41, 5.74) is 3.78. The molecule has 0 saturated carbocycles. The molecule has 0 aliphatic heterocycles. The quantitative estimate of drug-likeness (QED) is 0.0771. The highest BCUT2D eigenvalue weighted by atomic mass is 31.2. The van der Waals surface area contributed by atoms with Crippen LogP contribution in [0.5, 0.6) is 0 Å². The van der Waals surface area contributed by atoms with Crippen LogP contribution in [0.25, 0.3) is 0 Å². The smallest absolute Gasteiger partial charge is 0.334 e. The third-order valence-corrected chi connectivity index (χ3v) is 9.58. The third kappa shape index (κ3) is 12.8. The summed E-state index contributed by atoms with van der Waals surface area (Å²) >= 11 is 0. The number of benzene rings is 2. The van der Waals surface area contributed by atoms with E-state index in [-0.39, 0.29) is 10.8 Å². The minimum atomic E-state index is -2.61. The molecule has 11 heteroatoms. The Bertz CT molecular complexity index is 1060. The number of hydrogen-bond acceptors (Lipinski definition) is 9. The maximum Gasteiger partial charge on any atom is 0.334 e. The monoisotopic (exact) mass is 672 g/mol. The Labute approximate surface area is 273 Å². The molecule has 0 bridgehead atoms. The lowest BCUT2D eigenvalue weighted by Gasteiger charge is -2.45. The molecule has 0 fully saturated rings. The fourth-order valence-electron chi connectivity index (χ4n) is 5.85. The lowest BCUT2D eigenvalue weighted by molar-refractivity contribution is -0.164. The van der Waals surface area contributed by atoms with E-state index < -0.39 is 48.0 Å². The highest BCUT2D eigenvalue weighted by Gasteiger charge is 2.50. The molecule has 0 saturated heterocycles. The van der Waals surface area contributed by atoms with Crippen LogP contribution >= 0.6 is 17.2 Å². The lowest BCUT2D eigenvalue weighted by atomic mass is 9.67. The molecule has 2 aromatic carbocycles. The van der Waals surface area contributed by atoms with Gasteiger partial charge in [-0.2, -0.15) is 0 Å². The van der Waals surface area contributed by atoms with Gasteiger partial charge in [0.1, 0.15) is 5.60 Å². The van der Waals surface area contributed by atoms with Gasteiger partial charge in [0.25, 0.3) is 0 Å². The second kappa shape index (κ2) is 19.1. The molecule has 1 unspecified atom stereocenters. The number of hydrogen-bond donors (Lipinski definition) is 8. The highest BCUT2D eigenvalue weighted by Crippen LogP contribution is 2.44. The summed E-state index contributed by atoms with van der Waals surface area (Å²) in [6.45, 7) is 14.6. The van der Waals surface area contributed by atoms with Crippen molar-refractivity contribution in [1.82, 2.24) is 0 Å². The van der Waals surface area contributed by atoms with Crippen molar-refractivity contribution in [2.24, 2.45) is 5.41 Å². The van der Waals surface area contributed by atoms with Crippen molar-refractivity contribution < 1.29 is 44.3 Å². The van der Waals surface area contributed by atoms with Crippen LogP contribution in [0.2, 0.25) is 0 Å². The Hall–Kier alpha value is -1.06. The standard InChI is InChI=1S/C34H54O4.H4O5P2/c1-26-21-29(31(2,3)4)28(30(22-26)32(5,6)7)19-15-10-8-9-11-16-20-34(38,27-17-13-12-14-18-27)33(23-35,24-36)25-37;1-6(2)5-7(3)4/h12-14,17-18,21-22,35-38H,8-11,15-16,19-20,23-25H2,1-7H3;1-4H. The van der Waals surface area contributed by atoms with Crippen LogP contribution in [-0.2, 0) is 27.2 Å². The first-order valence-corrected chi connectivity index (χ1v) is 18.0. The zero-order valence-electron chi connectivity index (χ0n) is 28.2. The number of aliphatic hydroxyl groups excluding tert-OH is 3. The van der Waals surface area contributed by atoms with E-state index in [1.165, 1.54) is 22.3 Å². The molecule has 0 aliphatic carbocycles. The van der Waals surface area contributed by atoms with Crippen molar-refractivity contribution in [1.29, 1.82) is 0 Å². The van der Waals surface area contributed by atoms with Crippen molar-refractivity contribution in [3.63, 3.8) is 0 Å². The summed E-state index contributed by atoms with van der Waals surface area (Å²) in [5, 5.41) is 41.8. The first-order chi connectivity index (χ1) is 20.9. The second-order valence-corrected chi connectivity index (χ2v) is 15.7. The molecular formula is C34H58O9P2. The Morgan fingerprint density at radius 2 is 1.07 bits per heavy atom. The molecule has 0 amide bonds. The van der Waals surface area contributed by atoms with Gasteiger partial charge in [0.15, 0.2) is 0 Å². The number of aryl methyl sites for hydroxylation is 1. The van der Waals surface area contributed by atoms with E-state index in [9.17, 15) is 20.4 Å². The van der Waals surface area contributed by atoms with Crippen LogP contribution in [0.4, 0.5) is 0 Å². The van der Waals surface area contributed by atoms with E-state index >= 15 is 0 Å². The van der Waals surface area contributed by atoms with E-state index in [4.69, 9.17) is 19.6 Å². The van der Waals surface area contributed by atoms with Crippen molar-refractivity contribution >= 4 is 17.2 Å². The summed E-state index contributed by atoms with van der Waals surface area (Å²) in [4.78, 5) is 31.3. The SMILES string of the molecule is Cc1cc(C(C)(C)C)c(CCCCCCCCC(O)(c2ccccc2)C(CO)(CO)CO)c(C(C)(C)C)c1.OP(O)OP(O)O. The fourth-order valence-corrected chi connectivity index (χ4v) is 6.37. The van der Waals surface area contributed by atoms with Crippen LogP contribution in [0, 0.1) is 12.3 Å². The number of aliphatic hydroxyl groups is 4. The van der Waals surface area contributed by atoms with Crippen molar-refractivity contribution in [2.45, 2.75) is 116 Å². The summed E-state index contributed by atoms with van der Waals surface area (Å²) in [5.74, 6) is 0. The molecule has 0 heterocycles. The summed E-state index contributed by atoms with van der Waals surface area (Å²) in [7, 11) is -5.22. The highest BCUT2D eigenvalue weighted by molar-refractivity contribution is 7.53. The predicted octanol–water partition coefficient (Wildman–Crippen LogP) is 6.14. The topological polar surface area (TPSA) is 171 Å². The van der Waals surface area contributed by atoms with Gasteiger partial charge in [-0.15, -0.1) is 0 Å². The van der Waals surface area contributed by atoms with Gasteiger partial charge >= 0.3 is 17.2 Å². The number of unbranched alkanes of at least 4 members (excludes halogenated alkanes) is 5. The van der Waals surface area contributed by atoms with Crippen LogP contribution in [-0.4, -0.2) is 59.8 Å². The first-order valence-electron chi connectivity index (χ1n) is 15.7. The average molecular weight is 673 g/mol. The van der Waals surface area contributed by atoms with Gasteiger partial charge in [-0.05, 0) is 59.3 Å². The van der Waals surface area contributed by atoms with Crippen molar-refractivity contribution in [3.05, 3.63) is 70.3 Å². The van der Waals surface area contributed by atoms with Gasteiger partial charge in [0.2, 0.25) is 0 Å². The summed E-state index contributed by atoms with van der Waals surface area (Å²) in [6.07, 6.45) is 7.72. The van der Waals surface area contributed by atoms with E-state index in [1.54, 1.807) is 12.1 Å². The van der Waals surface area contributed by atoms with Gasteiger partial charge in [0, 0.05) is 0 Å². The first kappa shape index (κ1) is 42.0.